The number of rotatable bonds is 6. The highest BCUT2D eigenvalue weighted by Gasteiger charge is 2.13. The molecule has 1 rings (SSSR count). The van der Waals surface area contributed by atoms with Gasteiger partial charge in [-0.25, -0.2) is 0 Å². The maximum absolute atomic E-state index is 11.1. The van der Waals surface area contributed by atoms with E-state index in [4.69, 9.17) is 0 Å². The molecule has 0 saturated heterocycles. The zero-order chi connectivity index (χ0) is 13.0. The van der Waals surface area contributed by atoms with E-state index in [9.17, 15) is 4.21 Å². The van der Waals surface area contributed by atoms with Crippen molar-refractivity contribution < 1.29 is 4.21 Å². The summed E-state index contributed by atoms with van der Waals surface area (Å²) < 4.78 is 14.2. The van der Waals surface area contributed by atoms with Gasteiger partial charge in [0.05, 0.1) is 15.9 Å². The lowest BCUT2D eigenvalue weighted by Crippen LogP contribution is -2.31. The molecule has 0 aromatic carbocycles. The lowest BCUT2D eigenvalue weighted by atomic mass is 10.3. The largest absolute Gasteiger partial charge is 0.308 e. The molecule has 0 aliphatic carbocycles. The van der Waals surface area contributed by atoms with Crippen molar-refractivity contribution in [3.05, 3.63) is 15.9 Å². The fourth-order valence-corrected chi connectivity index (χ4v) is 2.97. The van der Waals surface area contributed by atoms with E-state index in [1.54, 1.807) is 6.26 Å². The molecular formula is C11H20BrN3OS. The van der Waals surface area contributed by atoms with Gasteiger partial charge < -0.3 is 5.32 Å². The van der Waals surface area contributed by atoms with Crippen molar-refractivity contribution in [2.75, 3.05) is 12.0 Å². The van der Waals surface area contributed by atoms with Crippen LogP contribution in [-0.4, -0.2) is 32.0 Å². The molecule has 0 amide bonds. The van der Waals surface area contributed by atoms with Gasteiger partial charge in [0, 0.05) is 41.9 Å². The number of nitrogens with zero attached hydrogens (tertiary/aromatic N) is 2. The number of nitrogens with one attached hydrogen (secondary N) is 1. The maximum Gasteiger partial charge on any atom is 0.0739 e. The van der Waals surface area contributed by atoms with Gasteiger partial charge in [-0.2, -0.15) is 5.10 Å². The van der Waals surface area contributed by atoms with Crippen LogP contribution in [0.1, 0.15) is 25.2 Å². The van der Waals surface area contributed by atoms with Crippen LogP contribution in [0.2, 0.25) is 0 Å². The lowest BCUT2D eigenvalue weighted by molar-refractivity contribution is 0.539. The van der Waals surface area contributed by atoms with Gasteiger partial charge in [-0.05, 0) is 36.7 Å². The Morgan fingerprint density at radius 2 is 2.24 bits per heavy atom. The van der Waals surface area contributed by atoms with E-state index < -0.39 is 10.8 Å². The zero-order valence-electron chi connectivity index (χ0n) is 10.8. The van der Waals surface area contributed by atoms with Gasteiger partial charge in [-0.1, -0.05) is 0 Å². The van der Waals surface area contributed by atoms with E-state index in [0.717, 1.165) is 29.0 Å². The summed E-state index contributed by atoms with van der Waals surface area (Å²) in [6.45, 7) is 7.72. The van der Waals surface area contributed by atoms with Crippen molar-refractivity contribution in [3.63, 3.8) is 0 Å². The predicted molar refractivity (Wildman–Crippen MR) is 75.6 cm³/mol. The molecule has 0 bridgehead atoms. The molecule has 0 fully saturated rings. The number of hydrogen-bond donors (Lipinski definition) is 1. The minimum atomic E-state index is -0.757. The summed E-state index contributed by atoms with van der Waals surface area (Å²) in [5, 5.41) is 7.81. The SMILES string of the molecule is CCn1nc(C)c(Br)c1CNC(C)CS(C)=O. The number of hydrogen-bond acceptors (Lipinski definition) is 3. The van der Waals surface area contributed by atoms with Gasteiger partial charge in [-0.15, -0.1) is 0 Å². The second kappa shape index (κ2) is 6.66. The Balaban J connectivity index is 2.65. The molecule has 2 unspecified atom stereocenters. The molecule has 1 aromatic rings. The van der Waals surface area contributed by atoms with E-state index in [0.29, 0.717) is 5.75 Å². The Morgan fingerprint density at radius 1 is 1.59 bits per heavy atom. The summed E-state index contributed by atoms with van der Waals surface area (Å²) in [6.07, 6.45) is 1.73. The summed E-state index contributed by atoms with van der Waals surface area (Å²) >= 11 is 3.56. The summed E-state index contributed by atoms with van der Waals surface area (Å²) in [7, 11) is -0.757. The van der Waals surface area contributed by atoms with Gasteiger partial charge >= 0.3 is 0 Å². The topological polar surface area (TPSA) is 46.9 Å². The van der Waals surface area contributed by atoms with Gasteiger partial charge in [0.1, 0.15) is 0 Å². The molecule has 6 heteroatoms. The first-order chi connectivity index (χ1) is 7.95. The average Bonchev–Trinajstić information content (AvgIpc) is 2.51. The molecule has 1 aromatic heterocycles. The molecule has 2 atom stereocenters. The summed E-state index contributed by atoms with van der Waals surface area (Å²) in [5.74, 6) is 0.677. The van der Waals surface area contributed by atoms with E-state index in [1.165, 1.54) is 0 Å². The van der Waals surface area contributed by atoms with Crippen molar-refractivity contribution in [3.8, 4) is 0 Å². The first kappa shape index (κ1) is 14.9. The third-order valence-electron chi connectivity index (χ3n) is 2.56. The predicted octanol–water partition coefficient (Wildman–Crippen LogP) is 1.83. The highest BCUT2D eigenvalue weighted by Crippen LogP contribution is 2.20. The number of aryl methyl sites for hydroxylation is 2. The fourth-order valence-electron chi connectivity index (χ4n) is 1.72. The Labute approximate surface area is 114 Å². The monoisotopic (exact) mass is 321 g/mol. The quantitative estimate of drug-likeness (QED) is 0.869. The standard InChI is InChI=1S/C11H20BrN3OS/c1-5-15-10(11(12)9(3)14-15)6-13-8(2)7-17(4)16/h8,13H,5-7H2,1-4H3. The summed E-state index contributed by atoms with van der Waals surface area (Å²) in [4.78, 5) is 0. The Bertz CT molecular complexity index is 406. The van der Waals surface area contributed by atoms with Gasteiger partial charge in [0.25, 0.3) is 0 Å². The Hall–Kier alpha value is -0.200. The number of halogens is 1. The molecule has 0 aliphatic heterocycles. The van der Waals surface area contributed by atoms with E-state index in [1.807, 2.05) is 11.6 Å². The van der Waals surface area contributed by atoms with Crippen molar-refractivity contribution in [2.45, 2.75) is 39.9 Å². The number of aromatic nitrogens is 2. The van der Waals surface area contributed by atoms with Crippen LogP contribution in [0.3, 0.4) is 0 Å². The van der Waals surface area contributed by atoms with Crippen molar-refractivity contribution >= 4 is 26.7 Å². The first-order valence-corrected chi connectivity index (χ1v) is 8.22. The van der Waals surface area contributed by atoms with Gasteiger partial charge in [0.2, 0.25) is 0 Å². The van der Waals surface area contributed by atoms with Crippen LogP contribution in [0, 0.1) is 6.92 Å². The van der Waals surface area contributed by atoms with Crippen LogP contribution in [0.25, 0.3) is 0 Å². The van der Waals surface area contributed by atoms with Crippen molar-refractivity contribution in [1.29, 1.82) is 0 Å². The highest BCUT2D eigenvalue weighted by atomic mass is 79.9. The second-order valence-corrected chi connectivity index (χ2v) is 6.46. The third-order valence-corrected chi connectivity index (χ3v) is 4.56. The smallest absolute Gasteiger partial charge is 0.0739 e. The minimum absolute atomic E-state index is 0.244. The van der Waals surface area contributed by atoms with Crippen LogP contribution in [0.5, 0.6) is 0 Å². The normalized spacial score (nSPS) is 14.9. The molecule has 98 valence electrons. The Kier molecular flexibility index (Phi) is 5.82. The molecule has 4 nitrogen and oxygen atoms in total. The molecule has 17 heavy (non-hydrogen) atoms. The highest BCUT2D eigenvalue weighted by molar-refractivity contribution is 9.10. The second-order valence-electron chi connectivity index (χ2n) is 4.18. The van der Waals surface area contributed by atoms with Crippen LogP contribution < -0.4 is 5.32 Å². The van der Waals surface area contributed by atoms with Crippen LogP contribution >= 0.6 is 15.9 Å². The van der Waals surface area contributed by atoms with Crippen molar-refractivity contribution in [1.82, 2.24) is 15.1 Å². The molecule has 1 N–H and O–H groups in total. The molecular weight excluding hydrogens is 302 g/mol. The van der Waals surface area contributed by atoms with Crippen LogP contribution in [-0.2, 0) is 23.9 Å². The zero-order valence-corrected chi connectivity index (χ0v) is 13.2. The average molecular weight is 322 g/mol. The molecule has 1 heterocycles. The van der Waals surface area contributed by atoms with E-state index in [-0.39, 0.29) is 6.04 Å². The summed E-state index contributed by atoms with van der Waals surface area (Å²) in [5.41, 5.74) is 2.16. The van der Waals surface area contributed by atoms with E-state index in [2.05, 4.69) is 40.2 Å². The third kappa shape index (κ3) is 4.19. The maximum atomic E-state index is 11.1. The van der Waals surface area contributed by atoms with Gasteiger partial charge in [-0.3, -0.25) is 8.89 Å². The van der Waals surface area contributed by atoms with Crippen molar-refractivity contribution in [2.24, 2.45) is 0 Å². The summed E-state index contributed by atoms with van der Waals surface area (Å²) in [6, 6.07) is 0.244. The van der Waals surface area contributed by atoms with Crippen LogP contribution in [0.4, 0.5) is 0 Å². The molecule has 0 spiro atoms. The molecule has 0 saturated carbocycles. The first-order valence-electron chi connectivity index (χ1n) is 5.70. The minimum Gasteiger partial charge on any atom is -0.308 e. The van der Waals surface area contributed by atoms with Gasteiger partial charge in [0.15, 0.2) is 0 Å². The van der Waals surface area contributed by atoms with Crippen LogP contribution in [0.15, 0.2) is 4.47 Å². The lowest BCUT2D eigenvalue weighted by Gasteiger charge is -2.13. The molecule has 0 aliphatic rings. The fraction of sp³-hybridized carbons (Fsp3) is 0.727. The Morgan fingerprint density at radius 3 is 2.76 bits per heavy atom. The van der Waals surface area contributed by atoms with E-state index >= 15 is 0 Å². The molecule has 0 radical (unpaired) electrons.